The van der Waals surface area contributed by atoms with Gasteiger partial charge in [0, 0.05) is 15.5 Å². The molecule has 0 radical (unpaired) electrons. The molecule has 0 bridgehead atoms. The van der Waals surface area contributed by atoms with Crippen molar-refractivity contribution in [3.63, 3.8) is 0 Å². The summed E-state index contributed by atoms with van der Waals surface area (Å²) in [4.78, 5) is 0. The number of ether oxygens (including phenoxy) is 2. The fraction of sp³-hybridized carbons (Fsp3) is 0.600. The molecule has 2 rings (SSSR count). The van der Waals surface area contributed by atoms with Gasteiger partial charge in [0.25, 0.3) is 0 Å². The smallest absolute Gasteiger partial charge is 0.122 e. The van der Waals surface area contributed by atoms with Crippen LogP contribution in [0.5, 0.6) is 5.75 Å². The van der Waals surface area contributed by atoms with Gasteiger partial charge >= 0.3 is 0 Å². The zero-order valence-electron chi connectivity index (χ0n) is 11.8. The highest BCUT2D eigenvalue weighted by Gasteiger charge is 2.49. The van der Waals surface area contributed by atoms with Crippen LogP contribution in [0.25, 0.3) is 0 Å². The van der Waals surface area contributed by atoms with E-state index in [9.17, 15) is 0 Å². The average Bonchev–Trinajstić information content (AvgIpc) is 2.33. The first-order valence-electron chi connectivity index (χ1n) is 6.67. The maximum atomic E-state index is 6.03. The molecule has 106 valence electrons. The van der Waals surface area contributed by atoms with E-state index in [0.29, 0.717) is 18.4 Å². The molecule has 0 spiro atoms. The van der Waals surface area contributed by atoms with Crippen LogP contribution in [0.3, 0.4) is 0 Å². The van der Waals surface area contributed by atoms with Crippen LogP contribution < -0.4 is 10.5 Å². The molecular formula is C15H22BrNO2. The highest BCUT2D eigenvalue weighted by Crippen LogP contribution is 2.46. The molecular weight excluding hydrogens is 306 g/mol. The number of methoxy groups -OCH3 is 1. The Morgan fingerprint density at radius 1 is 1.42 bits per heavy atom. The Balaban J connectivity index is 2.49. The summed E-state index contributed by atoms with van der Waals surface area (Å²) in [6.45, 7) is 6.56. The number of rotatable bonds is 5. The van der Waals surface area contributed by atoms with Crippen molar-refractivity contribution in [3.05, 3.63) is 28.2 Å². The highest BCUT2D eigenvalue weighted by atomic mass is 79.9. The standard InChI is InChI=1S/C15H22BrNO2/c1-10(2)13(7-17)15(8-19-9-15)12-6-11(16)4-5-14(12)18-3/h4-6,10,13H,7-9,17H2,1-3H3. The molecule has 1 saturated heterocycles. The number of hydrogen-bond donors (Lipinski definition) is 1. The Hall–Kier alpha value is -0.580. The summed E-state index contributed by atoms with van der Waals surface area (Å²) in [6, 6.07) is 6.15. The van der Waals surface area contributed by atoms with Crippen molar-refractivity contribution in [2.45, 2.75) is 19.3 Å². The third-order valence-corrected chi connectivity index (χ3v) is 4.68. The van der Waals surface area contributed by atoms with Crippen molar-refractivity contribution in [1.29, 1.82) is 0 Å². The van der Waals surface area contributed by atoms with E-state index in [-0.39, 0.29) is 5.41 Å². The van der Waals surface area contributed by atoms with Crippen LogP contribution in [0.1, 0.15) is 19.4 Å². The third kappa shape index (κ3) is 2.54. The monoisotopic (exact) mass is 327 g/mol. The molecule has 1 heterocycles. The van der Waals surface area contributed by atoms with Gasteiger partial charge in [-0.05, 0) is 36.6 Å². The van der Waals surface area contributed by atoms with E-state index in [1.54, 1.807) is 7.11 Å². The minimum Gasteiger partial charge on any atom is -0.496 e. The van der Waals surface area contributed by atoms with Crippen molar-refractivity contribution in [3.8, 4) is 5.75 Å². The molecule has 1 atom stereocenters. The quantitative estimate of drug-likeness (QED) is 0.904. The molecule has 0 aliphatic carbocycles. The average molecular weight is 328 g/mol. The molecule has 0 saturated carbocycles. The molecule has 1 aliphatic rings. The number of halogens is 1. The van der Waals surface area contributed by atoms with Gasteiger partial charge < -0.3 is 15.2 Å². The van der Waals surface area contributed by atoms with Crippen LogP contribution in [0, 0.1) is 11.8 Å². The topological polar surface area (TPSA) is 44.5 Å². The second kappa shape index (κ2) is 5.81. The largest absolute Gasteiger partial charge is 0.496 e. The third-order valence-electron chi connectivity index (χ3n) is 4.19. The van der Waals surface area contributed by atoms with Crippen LogP contribution in [0.4, 0.5) is 0 Å². The maximum Gasteiger partial charge on any atom is 0.122 e. The molecule has 0 aromatic heterocycles. The highest BCUT2D eigenvalue weighted by molar-refractivity contribution is 9.10. The first kappa shape index (κ1) is 14.8. The lowest BCUT2D eigenvalue weighted by atomic mass is 9.64. The van der Waals surface area contributed by atoms with E-state index in [4.69, 9.17) is 15.2 Å². The van der Waals surface area contributed by atoms with Gasteiger partial charge in [-0.15, -0.1) is 0 Å². The molecule has 1 aromatic carbocycles. The van der Waals surface area contributed by atoms with Gasteiger partial charge in [-0.25, -0.2) is 0 Å². The fourth-order valence-corrected chi connectivity index (χ4v) is 3.46. The normalized spacial score (nSPS) is 19.1. The van der Waals surface area contributed by atoms with Gasteiger partial charge in [0.15, 0.2) is 0 Å². The minimum atomic E-state index is -0.0158. The molecule has 4 heteroatoms. The summed E-state index contributed by atoms with van der Waals surface area (Å²) in [7, 11) is 1.72. The Bertz CT molecular complexity index is 444. The molecule has 3 nitrogen and oxygen atoms in total. The lowest BCUT2D eigenvalue weighted by molar-refractivity contribution is -0.0990. The SMILES string of the molecule is COc1ccc(Br)cc1C1(C(CN)C(C)C)COC1. The number of nitrogens with two attached hydrogens (primary N) is 1. The van der Waals surface area contributed by atoms with Gasteiger partial charge in [0.1, 0.15) is 5.75 Å². The van der Waals surface area contributed by atoms with Crippen molar-refractivity contribution in [2.75, 3.05) is 26.9 Å². The Kier molecular flexibility index (Phi) is 4.54. The van der Waals surface area contributed by atoms with Crippen molar-refractivity contribution >= 4 is 15.9 Å². The molecule has 1 unspecified atom stereocenters. The van der Waals surface area contributed by atoms with Gasteiger partial charge in [-0.3, -0.25) is 0 Å². The van der Waals surface area contributed by atoms with Crippen molar-refractivity contribution in [1.82, 2.24) is 0 Å². The predicted molar refractivity (Wildman–Crippen MR) is 80.6 cm³/mol. The summed E-state index contributed by atoms with van der Waals surface area (Å²) in [6.07, 6.45) is 0. The van der Waals surface area contributed by atoms with Gasteiger partial charge in [0.05, 0.1) is 20.3 Å². The van der Waals surface area contributed by atoms with E-state index >= 15 is 0 Å². The second-order valence-electron chi connectivity index (χ2n) is 5.58. The second-order valence-corrected chi connectivity index (χ2v) is 6.50. The van der Waals surface area contributed by atoms with Crippen LogP contribution in [0.2, 0.25) is 0 Å². The zero-order chi connectivity index (χ0) is 14.0. The van der Waals surface area contributed by atoms with E-state index in [1.807, 2.05) is 12.1 Å². The van der Waals surface area contributed by atoms with E-state index < -0.39 is 0 Å². The molecule has 1 aromatic rings. The lowest BCUT2D eigenvalue weighted by Gasteiger charge is -2.49. The van der Waals surface area contributed by atoms with Crippen molar-refractivity contribution in [2.24, 2.45) is 17.6 Å². The minimum absolute atomic E-state index is 0.0158. The Labute approximate surface area is 123 Å². The zero-order valence-corrected chi connectivity index (χ0v) is 13.4. The molecule has 2 N–H and O–H groups in total. The fourth-order valence-electron chi connectivity index (χ4n) is 3.10. The summed E-state index contributed by atoms with van der Waals surface area (Å²) in [5, 5.41) is 0. The Morgan fingerprint density at radius 3 is 2.53 bits per heavy atom. The Morgan fingerprint density at radius 2 is 2.11 bits per heavy atom. The summed E-state index contributed by atoms with van der Waals surface area (Å²) in [5.41, 5.74) is 7.22. The van der Waals surface area contributed by atoms with E-state index in [0.717, 1.165) is 23.4 Å². The van der Waals surface area contributed by atoms with Crippen molar-refractivity contribution < 1.29 is 9.47 Å². The summed E-state index contributed by atoms with van der Waals surface area (Å²) in [5.74, 6) is 1.83. The van der Waals surface area contributed by atoms with E-state index in [1.165, 1.54) is 5.56 Å². The first-order valence-corrected chi connectivity index (χ1v) is 7.46. The summed E-state index contributed by atoms with van der Waals surface area (Å²) >= 11 is 3.55. The van der Waals surface area contributed by atoms with Crippen LogP contribution >= 0.6 is 15.9 Å². The van der Waals surface area contributed by atoms with Gasteiger partial charge in [-0.2, -0.15) is 0 Å². The van der Waals surface area contributed by atoms with Crippen LogP contribution in [0.15, 0.2) is 22.7 Å². The first-order chi connectivity index (χ1) is 9.05. The van der Waals surface area contributed by atoms with Crippen LogP contribution in [-0.2, 0) is 10.2 Å². The molecule has 1 aliphatic heterocycles. The number of hydrogen-bond acceptors (Lipinski definition) is 3. The summed E-state index contributed by atoms with van der Waals surface area (Å²) < 4.78 is 12.1. The lowest BCUT2D eigenvalue weighted by Crippen LogP contribution is -2.56. The van der Waals surface area contributed by atoms with Gasteiger partial charge in [0.2, 0.25) is 0 Å². The molecule has 1 fully saturated rings. The molecule has 0 amide bonds. The van der Waals surface area contributed by atoms with Gasteiger partial charge in [-0.1, -0.05) is 29.8 Å². The maximum absolute atomic E-state index is 6.03. The molecule has 19 heavy (non-hydrogen) atoms. The predicted octanol–water partition coefficient (Wildman–Crippen LogP) is 2.96. The van der Waals surface area contributed by atoms with Crippen LogP contribution in [-0.4, -0.2) is 26.9 Å². The number of benzene rings is 1. The van der Waals surface area contributed by atoms with E-state index in [2.05, 4.69) is 35.8 Å².